The van der Waals surface area contributed by atoms with Crippen molar-refractivity contribution in [3.05, 3.63) is 35.4 Å². The molecule has 23 heavy (non-hydrogen) atoms. The number of benzene rings is 1. The standard InChI is InChI=1S/C16H24N4O3/c1-5-17-16(19-11-14(21)20(2)3)18-10-12-6-8-13(9-7-12)15(22)23-4/h6-9H,5,10-11H2,1-4H3,(H2,17,18,19). The topological polar surface area (TPSA) is 83.0 Å². The molecule has 0 saturated heterocycles. The summed E-state index contributed by atoms with van der Waals surface area (Å²) in [5.41, 5.74) is 1.45. The molecule has 1 aromatic carbocycles. The number of likely N-dealkylation sites (N-methyl/N-ethyl adjacent to an activating group) is 1. The second kappa shape index (κ2) is 9.45. The average molecular weight is 320 g/mol. The van der Waals surface area contributed by atoms with E-state index >= 15 is 0 Å². The molecule has 2 N–H and O–H groups in total. The van der Waals surface area contributed by atoms with Crippen LogP contribution in [0.4, 0.5) is 0 Å². The quantitative estimate of drug-likeness (QED) is 0.456. The van der Waals surface area contributed by atoms with Crippen molar-refractivity contribution in [1.82, 2.24) is 15.5 Å². The van der Waals surface area contributed by atoms with E-state index in [9.17, 15) is 9.59 Å². The third kappa shape index (κ3) is 6.37. The lowest BCUT2D eigenvalue weighted by molar-refractivity contribution is -0.127. The number of nitrogens with one attached hydrogen (secondary N) is 2. The van der Waals surface area contributed by atoms with Crippen LogP contribution in [0.2, 0.25) is 0 Å². The molecule has 1 amide bonds. The lowest BCUT2D eigenvalue weighted by Crippen LogP contribution is -2.42. The van der Waals surface area contributed by atoms with Crippen LogP contribution in [0.3, 0.4) is 0 Å². The van der Waals surface area contributed by atoms with Crippen LogP contribution in [0.5, 0.6) is 0 Å². The van der Waals surface area contributed by atoms with Gasteiger partial charge in [0.15, 0.2) is 5.96 Å². The number of hydrogen-bond acceptors (Lipinski definition) is 4. The van der Waals surface area contributed by atoms with Crippen LogP contribution in [0.25, 0.3) is 0 Å². The van der Waals surface area contributed by atoms with Crippen molar-refractivity contribution in [2.45, 2.75) is 13.5 Å². The first-order chi connectivity index (χ1) is 11.0. The van der Waals surface area contributed by atoms with Crippen molar-refractivity contribution in [2.24, 2.45) is 4.99 Å². The summed E-state index contributed by atoms with van der Waals surface area (Å²) in [6.45, 7) is 3.27. The number of guanidine groups is 1. The first-order valence-electron chi connectivity index (χ1n) is 7.37. The molecule has 0 spiro atoms. The van der Waals surface area contributed by atoms with Gasteiger partial charge in [-0.15, -0.1) is 0 Å². The number of hydrogen-bond donors (Lipinski definition) is 2. The summed E-state index contributed by atoms with van der Waals surface area (Å²) >= 11 is 0. The molecule has 0 heterocycles. The van der Waals surface area contributed by atoms with Crippen molar-refractivity contribution in [1.29, 1.82) is 0 Å². The number of nitrogens with zero attached hydrogens (tertiary/aromatic N) is 2. The first kappa shape index (κ1) is 18.5. The van der Waals surface area contributed by atoms with Gasteiger partial charge in [-0.3, -0.25) is 4.79 Å². The summed E-state index contributed by atoms with van der Waals surface area (Å²) in [4.78, 5) is 28.9. The molecule has 0 aliphatic heterocycles. The van der Waals surface area contributed by atoms with Gasteiger partial charge in [0, 0.05) is 20.6 Å². The number of esters is 1. The molecule has 0 saturated carbocycles. The molecule has 0 aliphatic carbocycles. The normalized spacial score (nSPS) is 10.9. The maximum absolute atomic E-state index is 11.6. The van der Waals surface area contributed by atoms with Crippen LogP contribution in [-0.4, -0.2) is 57.0 Å². The maximum atomic E-state index is 11.6. The molecule has 0 fully saturated rings. The highest BCUT2D eigenvalue weighted by molar-refractivity contribution is 5.89. The van der Waals surface area contributed by atoms with Crippen LogP contribution < -0.4 is 10.6 Å². The van der Waals surface area contributed by atoms with Gasteiger partial charge < -0.3 is 20.3 Å². The highest BCUT2D eigenvalue weighted by Gasteiger charge is 2.06. The van der Waals surface area contributed by atoms with E-state index in [-0.39, 0.29) is 18.4 Å². The van der Waals surface area contributed by atoms with Crippen molar-refractivity contribution in [3.63, 3.8) is 0 Å². The molecule has 0 aliphatic rings. The summed E-state index contributed by atoms with van der Waals surface area (Å²) in [6, 6.07) is 7.05. The van der Waals surface area contributed by atoms with Crippen LogP contribution in [0.1, 0.15) is 22.8 Å². The van der Waals surface area contributed by atoms with Crippen LogP contribution >= 0.6 is 0 Å². The lowest BCUT2D eigenvalue weighted by Gasteiger charge is -2.14. The number of amides is 1. The number of methoxy groups -OCH3 is 1. The molecule has 0 bridgehead atoms. The molecule has 1 aromatic rings. The Balaban J connectivity index is 2.65. The summed E-state index contributed by atoms with van der Waals surface area (Å²) in [5.74, 6) is 0.176. The van der Waals surface area contributed by atoms with Gasteiger partial charge in [0.2, 0.25) is 5.91 Å². The van der Waals surface area contributed by atoms with Gasteiger partial charge in [0.25, 0.3) is 0 Å². The fraction of sp³-hybridized carbons (Fsp3) is 0.438. The molecule has 7 heteroatoms. The maximum Gasteiger partial charge on any atom is 0.337 e. The van der Waals surface area contributed by atoms with Gasteiger partial charge in [0.1, 0.15) is 0 Å². The van der Waals surface area contributed by atoms with E-state index < -0.39 is 0 Å². The van der Waals surface area contributed by atoms with Crippen LogP contribution in [0, 0.1) is 0 Å². The molecule has 1 rings (SSSR count). The summed E-state index contributed by atoms with van der Waals surface area (Å²) in [5, 5.41) is 6.06. The van der Waals surface area contributed by atoms with E-state index in [0.717, 1.165) is 5.56 Å². The Morgan fingerprint density at radius 3 is 2.35 bits per heavy atom. The van der Waals surface area contributed by atoms with Crippen molar-refractivity contribution in [3.8, 4) is 0 Å². The van der Waals surface area contributed by atoms with Gasteiger partial charge in [-0.2, -0.15) is 0 Å². The lowest BCUT2D eigenvalue weighted by atomic mass is 10.1. The third-order valence-corrected chi connectivity index (χ3v) is 3.04. The fourth-order valence-corrected chi connectivity index (χ4v) is 1.69. The van der Waals surface area contributed by atoms with Crippen LogP contribution in [-0.2, 0) is 16.1 Å². The fourth-order valence-electron chi connectivity index (χ4n) is 1.69. The Bertz CT molecular complexity index is 553. The van der Waals surface area contributed by atoms with Crippen molar-refractivity contribution >= 4 is 17.8 Å². The smallest absolute Gasteiger partial charge is 0.337 e. The Kier molecular flexibility index (Phi) is 7.59. The van der Waals surface area contributed by atoms with Crippen molar-refractivity contribution < 1.29 is 14.3 Å². The van der Waals surface area contributed by atoms with Gasteiger partial charge in [-0.25, -0.2) is 9.79 Å². The highest BCUT2D eigenvalue weighted by Crippen LogP contribution is 2.06. The molecule has 126 valence electrons. The minimum Gasteiger partial charge on any atom is -0.465 e. The number of carbonyl (C=O) groups excluding carboxylic acids is 2. The second-order valence-electron chi connectivity index (χ2n) is 5.03. The van der Waals surface area contributed by atoms with E-state index in [1.54, 1.807) is 26.2 Å². The molecule has 7 nitrogen and oxygen atoms in total. The molecule has 0 aromatic heterocycles. The Morgan fingerprint density at radius 1 is 1.17 bits per heavy atom. The predicted octanol–water partition coefficient (Wildman–Crippen LogP) is 0.617. The number of aliphatic imine (C=N–C) groups is 1. The Hall–Kier alpha value is -2.57. The predicted molar refractivity (Wildman–Crippen MR) is 89.3 cm³/mol. The minimum atomic E-state index is -0.364. The second-order valence-corrected chi connectivity index (χ2v) is 5.03. The van der Waals surface area contributed by atoms with E-state index in [4.69, 9.17) is 0 Å². The number of ether oxygens (including phenoxy) is 1. The Labute approximate surface area is 136 Å². The monoisotopic (exact) mass is 320 g/mol. The number of carbonyl (C=O) groups is 2. The SMILES string of the molecule is CCNC(=NCc1ccc(C(=O)OC)cc1)NCC(=O)N(C)C. The number of rotatable bonds is 6. The molecule has 0 unspecified atom stereocenters. The van der Waals surface area contributed by atoms with Gasteiger partial charge in [-0.05, 0) is 24.6 Å². The zero-order valence-electron chi connectivity index (χ0n) is 14.0. The molecule has 0 radical (unpaired) electrons. The van der Waals surface area contributed by atoms with Crippen LogP contribution in [0.15, 0.2) is 29.3 Å². The molecular formula is C16H24N4O3. The van der Waals surface area contributed by atoms with Gasteiger partial charge in [-0.1, -0.05) is 12.1 Å². The zero-order valence-corrected chi connectivity index (χ0v) is 14.0. The molecule has 0 atom stereocenters. The van der Waals surface area contributed by atoms with E-state index in [2.05, 4.69) is 20.4 Å². The van der Waals surface area contributed by atoms with E-state index in [0.29, 0.717) is 24.6 Å². The third-order valence-electron chi connectivity index (χ3n) is 3.04. The van der Waals surface area contributed by atoms with E-state index in [1.807, 2.05) is 19.1 Å². The average Bonchev–Trinajstić information content (AvgIpc) is 2.56. The summed E-state index contributed by atoms with van der Waals surface area (Å²) in [6.07, 6.45) is 0. The highest BCUT2D eigenvalue weighted by atomic mass is 16.5. The summed E-state index contributed by atoms with van der Waals surface area (Å²) < 4.78 is 4.66. The van der Waals surface area contributed by atoms with E-state index in [1.165, 1.54) is 12.0 Å². The summed E-state index contributed by atoms with van der Waals surface area (Å²) in [7, 11) is 4.76. The van der Waals surface area contributed by atoms with Gasteiger partial charge >= 0.3 is 5.97 Å². The minimum absolute atomic E-state index is 0.0296. The first-order valence-corrected chi connectivity index (χ1v) is 7.37. The zero-order chi connectivity index (χ0) is 17.2. The van der Waals surface area contributed by atoms with Crippen molar-refractivity contribution in [2.75, 3.05) is 34.3 Å². The largest absolute Gasteiger partial charge is 0.465 e. The molecular weight excluding hydrogens is 296 g/mol. The Morgan fingerprint density at radius 2 is 1.83 bits per heavy atom. The van der Waals surface area contributed by atoms with Gasteiger partial charge in [0.05, 0.1) is 25.8 Å².